The van der Waals surface area contributed by atoms with Crippen molar-refractivity contribution >= 4 is 38.9 Å². The largest absolute Gasteiger partial charge is 0.497 e. The Labute approximate surface area is 130 Å². The summed E-state index contributed by atoms with van der Waals surface area (Å²) in [6.07, 6.45) is 0.804. The molecule has 2 rings (SSSR count). The highest BCUT2D eigenvalue weighted by atomic mass is 79.9. The monoisotopic (exact) mass is 354 g/mol. The van der Waals surface area contributed by atoms with Crippen molar-refractivity contribution in [1.82, 2.24) is 5.32 Å². The molecular formula is C14H15BrN2O2S. The number of ether oxygens (including phenoxy) is 1. The van der Waals surface area contributed by atoms with Gasteiger partial charge in [0, 0.05) is 23.2 Å². The molecule has 0 aliphatic carbocycles. The maximum atomic E-state index is 12.0. The van der Waals surface area contributed by atoms with Crippen LogP contribution < -0.4 is 15.8 Å². The molecule has 4 nitrogen and oxygen atoms in total. The van der Waals surface area contributed by atoms with E-state index >= 15 is 0 Å². The van der Waals surface area contributed by atoms with Crippen LogP contribution in [0.25, 0.3) is 0 Å². The van der Waals surface area contributed by atoms with E-state index in [4.69, 9.17) is 10.5 Å². The van der Waals surface area contributed by atoms with Gasteiger partial charge in [0.2, 0.25) is 0 Å². The molecule has 1 aromatic carbocycles. The van der Waals surface area contributed by atoms with Gasteiger partial charge in [0.05, 0.1) is 16.5 Å². The fraction of sp³-hybridized carbons (Fsp3) is 0.214. The molecule has 0 atom stereocenters. The smallest absolute Gasteiger partial charge is 0.253 e. The summed E-state index contributed by atoms with van der Waals surface area (Å²) in [6.45, 7) is 0.581. The molecule has 2 aromatic rings. The molecule has 0 unspecified atom stereocenters. The van der Waals surface area contributed by atoms with E-state index in [1.807, 2.05) is 12.1 Å². The van der Waals surface area contributed by atoms with Crippen molar-refractivity contribution in [2.45, 2.75) is 6.42 Å². The first kappa shape index (κ1) is 14.9. The van der Waals surface area contributed by atoms with Crippen LogP contribution >= 0.6 is 27.3 Å². The van der Waals surface area contributed by atoms with E-state index in [1.165, 1.54) is 4.88 Å². The zero-order valence-corrected chi connectivity index (χ0v) is 13.4. The Hall–Kier alpha value is -1.53. The molecule has 3 N–H and O–H groups in total. The molecule has 106 valence electrons. The quantitative estimate of drug-likeness (QED) is 0.811. The SMILES string of the molecule is COc1ccc(C(=O)NCCc2ccc(Br)s2)c(N)c1. The number of hydrogen-bond acceptors (Lipinski definition) is 4. The van der Waals surface area contributed by atoms with Gasteiger partial charge in [0.1, 0.15) is 5.75 Å². The second kappa shape index (κ2) is 6.76. The average molecular weight is 355 g/mol. The highest BCUT2D eigenvalue weighted by molar-refractivity contribution is 9.11. The number of halogens is 1. The number of carbonyl (C=O) groups excluding carboxylic acids is 1. The molecule has 1 heterocycles. The molecule has 6 heteroatoms. The maximum absolute atomic E-state index is 12.0. The van der Waals surface area contributed by atoms with Crippen molar-refractivity contribution in [3.05, 3.63) is 44.6 Å². The van der Waals surface area contributed by atoms with Crippen molar-refractivity contribution in [2.75, 3.05) is 19.4 Å². The lowest BCUT2D eigenvalue weighted by molar-refractivity contribution is 0.0955. The molecule has 0 aliphatic heterocycles. The lowest BCUT2D eigenvalue weighted by Gasteiger charge is -2.08. The van der Waals surface area contributed by atoms with E-state index in [-0.39, 0.29) is 5.91 Å². The standard InChI is InChI=1S/C14H15BrN2O2S/c1-19-9-2-4-11(12(16)8-9)14(18)17-7-6-10-3-5-13(15)20-10/h2-5,8H,6-7,16H2,1H3,(H,17,18). The Bertz CT molecular complexity index is 613. The summed E-state index contributed by atoms with van der Waals surface area (Å²) < 4.78 is 6.15. The van der Waals surface area contributed by atoms with Crippen LogP contribution in [0.1, 0.15) is 15.2 Å². The highest BCUT2D eigenvalue weighted by Gasteiger charge is 2.10. The molecule has 0 radical (unpaired) electrons. The van der Waals surface area contributed by atoms with Crippen LogP contribution in [0.3, 0.4) is 0 Å². The summed E-state index contributed by atoms with van der Waals surface area (Å²) in [4.78, 5) is 13.2. The number of nitrogens with two attached hydrogens (primary N) is 1. The molecule has 0 spiro atoms. The van der Waals surface area contributed by atoms with E-state index in [0.717, 1.165) is 10.2 Å². The van der Waals surface area contributed by atoms with Crippen molar-refractivity contribution in [1.29, 1.82) is 0 Å². The van der Waals surface area contributed by atoms with Crippen LogP contribution in [0.15, 0.2) is 34.1 Å². The number of rotatable bonds is 5. The molecule has 20 heavy (non-hydrogen) atoms. The van der Waals surface area contributed by atoms with Gasteiger partial charge in [-0.1, -0.05) is 0 Å². The Morgan fingerprint density at radius 2 is 2.20 bits per heavy atom. The Balaban J connectivity index is 1.91. The fourth-order valence-electron chi connectivity index (χ4n) is 1.76. The van der Waals surface area contributed by atoms with Crippen LogP contribution in [0.2, 0.25) is 0 Å². The van der Waals surface area contributed by atoms with Crippen molar-refractivity contribution in [3.63, 3.8) is 0 Å². The summed E-state index contributed by atoms with van der Waals surface area (Å²) in [6, 6.07) is 9.09. The normalized spacial score (nSPS) is 10.3. The van der Waals surface area contributed by atoms with Crippen LogP contribution in [0, 0.1) is 0 Å². The zero-order chi connectivity index (χ0) is 14.5. The van der Waals surface area contributed by atoms with Gasteiger partial charge in [-0.05, 0) is 46.6 Å². The summed E-state index contributed by atoms with van der Waals surface area (Å²) >= 11 is 5.08. The minimum atomic E-state index is -0.166. The zero-order valence-electron chi connectivity index (χ0n) is 11.0. The minimum absolute atomic E-state index is 0.166. The number of nitrogen functional groups attached to an aromatic ring is 1. The summed E-state index contributed by atoms with van der Waals surface area (Å²) in [5.74, 6) is 0.475. The Kier molecular flexibility index (Phi) is 5.03. The first-order chi connectivity index (χ1) is 9.60. The van der Waals surface area contributed by atoms with Crippen molar-refractivity contribution in [3.8, 4) is 5.75 Å². The third-order valence-corrected chi connectivity index (χ3v) is 4.47. The molecule has 1 aromatic heterocycles. The second-order valence-corrected chi connectivity index (χ2v) is 6.71. The van der Waals surface area contributed by atoms with Gasteiger partial charge < -0.3 is 15.8 Å². The lowest BCUT2D eigenvalue weighted by atomic mass is 10.1. The number of methoxy groups -OCH3 is 1. The van der Waals surface area contributed by atoms with Gasteiger partial charge in [-0.15, -0.1) is 11.3 Å². The Morgan fingerprint density at radius 1 is 1.40 bits per heavy atom. The molecule has 0 fully saturated rings. The maximum Gasteiger partial charge on any atom is 0.253 e. The predicted molar refractivity (Wildman–Crippen MR) is 85.5 cm³/mol. The third kappa shape index (κ3) is 3.74. The minimum Gasteiger partial charge on any atom is -0.497 e. The summed E-state index contributed by atoms with van der Waals surface area (Å²) in [5, 5.41) is 2.87. The number of benzene rings is 1. The van der Waals surface area contributed by atoms with Crippen LogP contribution in [0.5, 0.6) is 5.75 Å². The highest BCUT2D eigenvalue weighted by Crippen LogP contribution is 2.22. The van der Waals surface area contributed by atoms with Gasteiger partial charge in [-0.3, -0.25) is 4.79 Å². The third-order valence-electron chi connectivity index (χ3n) is 2.79. The number of carbonyl (C=O) groups is 1. The first-order valence-corrected chi connectivity index (χ1v) is 7.67. The average Bonchev–Trinajstić information content (AvgIpc) is 2.84. The van der Waals surface area contributed by atoms with Crippen molar-refractivity contribution < 1.29 is 9.53 Å². The van der Waals surface area contributed by atoms with Crippen LogP contribution in [-0.2, 0) is 6.42 Å². The number of thiophene rings is 1. The molecule has 1 amide bonds. The van der Waals surface area contributed by atoms with Crippen molar-refractivity contribution in [2.24, 2.45) is 0 Å². The number of nitrogens with one attached hydrogen (secondary N) is 1. The van der Waals surface area contributed by atoms with Gasteiger partial charge in [-0.25, -0.2) is 0 Å². The van der Waals surface area contributed by atoms with E-state index in [1.54, 1.807) is 36.6 Å². The van der Waals surface area contributed by atoms with Gasteiger partial charge >= 0.3 is 0 Å². The van der Waals surface area contributed by atoms with E-state index in [9.17, 15) is 4.79 Å². The van der Waals surface area contributed by atoms with E-state index < -0.39 is 0 Å². The van der Waals surface area contributed by atoms with Crippen LogP contribution in [0.4, 0.5) is 5.69 Å². The van der Waals surface area contributed by atoms with E-state index in [2.05, 4.69) is 21.2 Å². The first-order valence-electron chi connectivity index (χ1n) is 6.06. The fourth-order valence-corrected chi connectivity index (χ4v) is 3.24. The molecule has 0 saturated heterocycles. The van der Waals surface area contributed by atoms with E-state index in [0.29, 0.717) is 23.5 Å². The molecular weight excluding hydrogens is 340 g/mol. The summed E-state index contributed by atoms with van der Waals surface area (Å²) in [5.41, 5.74) is 6.73. The number of amides is 1. The Morgan fingerprint density at radius 3 is 2.80 bits per heavy atom. The number of anilines is 1. The summed E-state index contributed by atoms with van der Waals surface area (Å²) in [7, 11) is 1.56. The second-order valence-electron chi connectivity index (χ2n) is 4.16. The topological polar surface area (TPSA) is 64.3 Å². The van der Waals surface area contributed by atoms with Crippen LogP contribution in [-0.4, -0.2) is 19.6 Å². The number of hydrogen-bond donors (Lipinski definition) is 2. The van der Waals surface area contributed by atoms with Gasteiger partial charge in [0.25, 0.3) is 5.91 Å². The predicted octanol–water partition coefficient (Wildman–Crippen LogP) is 3.07. The van der Waals surface area contributed by atoms with Gasteiger partial charge in [-0.2, -0.15) is 0 Å². The molecule has 0 bridgehead atoms. The molecule has 0 aliphatic rings. The van der Waals surface area contributed by atoms with Gasteiger partial charge in [0.15, 0.2) is 0 Å². The lowest BCUT2D eigenvalue weighted by Crippen LogP contribution is -2.26. The molecule has 0 saturated carbocycles.